The van der Waals surface area contributed by atoms with Gasteiger partial charge in [-0.1, -0.05) is 6.07 Å². The second kappa shape index (κ2) is 6.70. The first kappa shape index (κ1) is 17.2. The van der Waals surface area contributed by atoms with Gasteiger partial charge in [0.05, 0.1) is 6.33 Å². The van der Waals surface area contributed by atoms with Gasteiger partial charge in [0.2, 0.25) is 5.91 Å². The standard InChI is InChI=1S/C19H24N4O2/c1-19(2,3)22-18(25)13-5-4-6-15(9-13)21-17(24)14-7-8-23-12-20-11-16(23)10-14/h4-6,9,11-12,14H,7-8,10H2,1-3H3,(H,21,24)(H,22,25). The van der Waals surface area contributed by atoms with E-state index in [9.17, 15) is 9.59 Å². The minimum absolute atomic E-state index is 0.0131. The van der Waals surface area contributed by atoms with Gasteiger partial charge in [-0.3, -0.25) is 9.59 Å². The van der Waals surface area contributed by atoms with Crippen molar-refractivity contribution in [3.8, 4) is 0 Å². The number of rotatable bonds is 3. The van der Waals surface area contributed by atoms with Gasteiger partial charge >= 0.3 is 0 Å². The van der Waals surface area contributed by atoms with Gasteiger partial charge in [-0.25, -0.2) is 4.98 Å². The number of fused-ring (bicyclic) bond motifs is 1. The number of benzene rings is 1. The molecule has 1 atom stereocenters. The highest BCUT2D eigenvalue weighted by Gasteiger charge is 2.25. The minimum atomic E-state index is -0.304. The summed E-state index contributed by atoms with van der Waals surface area (Å²) in [7, 11) is 0. The summed E-state index contributed by atoms with van der Waals surface area (Å²) < 4.78 is 2.08. The number of carbonyl (C=O) groups is 2. The average Bonchev–Trinajstić information content (AvgIpc) is 3.01. The Morgan fingerprint density at radius 2 is 2.08 bits per heavy atom. The lowest BCUT2D eigenvalue weighted by atomic mass is 9.95. The van der Waals surface area contributed by atoms with E-state index in [0.29, 0.717) is 17.7 Å². The van der Waals surface area contributed by atoms with Crippen molar-refractivity contribution in [2.45, 2.75) is 45.7 Å². The lowest BCUT2D eigenvalue weighted by Crippen LogP contribution is -2.40. The molecule has 3 rings (SSSR count). The molecule has 0 fully saturated rings. The van der Waals surface area contributed by atoms with Crippen LogP contribution in [0.15, 0.2) is 36.8 Å². The predicted molar refractivity (Wildman–Crippen MR) is 96.3 cm³/mol. The summed E-state index contributed by atoms with van der Waals surface area (Å²) in [6.07, 6.45) is 5.10. The molecule has 0 spiro atoms. The van der Waals surface area contributed by atoms with Gasteiger partial charge in [-0.05, 0) is 45.4 Å². The number of amides is 2. The summed E-state index contributed by atoms with van der Waals surface area (Å²) >= 11 is 0. The molecule has 0 saturated heterocycles. The first-order valence-corrected chi connectivity index (χ1v) is 8.54. The Morgan fingerprint density at radius 3 is 2.84 bits per heavy atom. The fraction of sp³-hybridized carbons (Fsp3) is 0.421. The molecule has 1 unspecified atom stereocenters. The molecule has 1 aliphatic heterocycles. The number of carbonyl (C=O) groups excluding carboxylic acids is 2. The molecule has 2 aromatic rings. The summed E-state index contributed by atoms with van der Waals surface area (Å²) in [5.74, 6) is -0.234. The predicted octanol–water partition coefficient (Wildman–Crippen LogP) is 2.61. The van der Waals surface area contributed by atoms with Crippen LogP contribution in [0.2, 0.25) is 0 Å². The first-order valence-electron chi connectivity index (χ1n) is 8.54. The molecule has 1 aromatic heterocycles. The van der Waals surface area contributed by atoms with Crippen LogP contribution >= 0.6 is 0 Å². The van der Waals surface area contributed by atoms with Crippen molar-refractivity contribution in [2.75, 3.05) is 5.32 Å². The van der Waals surface area contributed by atoms with E-state index < -0.39 is 0 Å². The monoisotopic (exact) mass is 340 g/mol. The number of hydrogen-bond acceptors (Lipinski definition) is 3. The molecule has 0 saturated carbocycles. The lowest BCUT2D eigenvalue weighted by molar-refractivity contribution is -0.120. The van der Waals surface area contributed by atoms with Gasteiger partial charge in [0.1, 0.15) is 0 Å². The average molecular weight is 340 g/mol. The summed E-state index contributed by atoms with van der Waals surface area (Å²) in [6.45, 7) is 6.61. The van der Waals surface area contributed by atoms with E-state index in [-0.39, 0.29) is 23.3 Å². The molecule has 25 heavy (non-hydrogen) atoms. The van der Waals surface area contributed by atoms with Gasteiger partial charge in [0.25, 0.3) is 5.91 Å². The van der Waals surface area contributed by atoms with Gasteiger partial charge in [0.15, 0.2) is 0 Å². The van der Waals surface area contributed by atoms with Crippen molar-refractivity contribution in [3.63, 3.8) is 0 Å². The quantitative estimate of drug-likeness (QED) is 0.902. The second-order valence-corrected chi connectivity index (χ2v) is 7.54. The molecule has 2 N–H and O–H groups in total. The molecule has 0 radical (unpaired) electrons. The van der Waals surface area contributed by atoms with Crippen molar-refractivity contribution in [3.05, 3.63) is 48.0 Å². The summed E-state index contributed by atoms with van der Waals surface area (Å²) in [4.78, 5) is 29.0. The molecule has 1 aromatic carbocycles. The molecule has 1 aliphatic rings. The summed E-state index contributed by atoms with van der Waals surface area (Å²) in [5.41, 5.74) is 1.96. The molecule has 6 nitrogen and oxygen atoms in total. The van der Waals surface area contributed by atoms with E-state index in [0.717, 1.165) is 18.7 Å². The summed E-state index contributed by atoms with van der Waals surface area (Å²) in [5, 5.41) is 5.87. The molecule has 0 bridgehead atoms. The first-order chi connectivity index (χ1) is 11.8. The van der Waals surface area contributed by atoms with E-state index in [1.807, 2.05) is 27.0 Å². The fourth-order valence-corrected chi connectivity index (χ4v) is 2.99. The number of hydrogen-bond donors (Lipinski definition) is 2. The highest BCUT2D eigenvalue weighted by atomic mass is 16.2. The Balaban J connectivity index is 1.66. The van der Waals surface area contributed by atoms with Crippen LogP contribution in [0.4, 0.5) is 5.69 Å². The third kappa shape index (κ3) is 4.26. The van der Waals surface area contributed by atoms with E-state index in [1.165, 1.54) is 0 Å². The van der Waals surface area contributed by atoms with Crippen LogP contribution in [0.1, 0.15) is 43.2 Å². The Hall–Kier alpha value is -2.63. The molecular weight excluding hydrogens is 316 g/mol. The topological polar surface area (TPSA) is 76.0 Å². The fourth-order valence-electron chi connectivity index (χ4n) is 2.99. The minimum Gasteiger partial charge on any atom is -0.347 e. The van der Waals surface area contributed by atoms with Crippen LogP contribution in [0.3, 0.4) is 0 Å². The van der Waals surface area contributed by atoms with Crippen LogP contribution in [0.5, 0.6) is 0 Å². The van der Waals surface area contributed by atoms with Crippen molar-refractivity contribution < 1.29 is 9.59 Å². The number of aromatic nitrogens is 2. The third-order valence-electron chi connectivity index (χ3n) is 4.22. The summed E-state index contributed by atoms with van der Waals surface area (Å²) in [6, 6.07) is 7.05. The van der Waals surface area contributed by atoms with E-state index >= 15 is 0 Å². The van der Waals surface area contributed by atoms with Gasteiger partial charge < -0.3 is 15.2 Å². The molecule has 2 amide bonds. The van der Waals surface area contributed by atoms with Gasteiger partial charge in [-0.2, -0.15) is 0 Å². The van der Waals surface area contributed by atoms with Crippen molar-refractivity contribution in [1.29, 1.82) is 0 Å². The van der Waals surface area contributed by atoms with Gasteiger partial charge in [-0.15, -0.1) is 0 Å². The largest absolute Gasteiger partial charge is 0.347 e. The van der Waals surface area contributed by atoms with Crippen molar-refractivity contribution in [1.82, 2.24) is 14.9 Å². The molecular formula is C19H24N4O2. The zero-order chi connectivity index (χ0) is 18.0. The number of imidazole rings is 1. The smallest absolute Gasteiger partial charge is 0.251 e. The number of nitrogens with zero attached hydrogens (tertiary/aromatic N) is 2. The molecule has 2 heterocycles. The molecule has 0 aliphatic carbocycles. The normalized spacial score (nSPS) is 16.8. The Bertz CT molecular complexity index is 789. The lowest BCUT2D eigenvalue weighted by Gasteiger charge is -2.23. The SMILES string of the molecule is CC(C)(C)NC(=O)c1cccc(NC(=O)C2CCn3cncc3C2)c1. The maximum absolute atomic E-state index is 12.6. The molecule has 6 heteroatoms. The number of anilines is 1. The number of aryl methyl sites for hydroxylation is 1. The molecule has 132 valence electrons. The van der Waals surface area contributed by atoms with Gasteiger partial charge in [0, 0.05) is 47.6 Å². The van der Waals surface area contributed by atoms with Crippen LogP contribution in [-0.4, -0.2) is 26.9 Å². The second-order valence-electron chi connectivity index (χ2n) is 7.54. The van der Waals surface area contributed by atoms with Crippen LogP contribution in [0.25, 0.3) is 0 Å². The van der Waals surface area contributed by atoms with Crippen molar-refractivity contribution >= 4 is 17.5 Å². The third-order valence-corrected chi connectivity index (χ3v) is 4.22. The highest BCUT2D eigenvalue weighted by Crippen LogP contribution is 2.22. The van der Waals surface area contributed by atoms with E-state index in [2.05, 4.69) is 20.2 Å². The van der Waals surface area contributed by atoms with Crippen LogP contribution in [-0.2, 0) is 17.8 Å². The van der Waals surface area contributed by atoms with E-state index in [1.54, 1.807) is 30.6 Å². The highest BCUT2D eigenvalue weighted by molar-refractivity contribution is 5.98. The maximum Gasteiger partial charge on any atom is 0.251 e. The Kier molecular flexibility index (Phi) is 4.61. The van der Waals surface area contributed by atoms with Crippen LogP contribution < -0.4 is 10.6 Å². The Morgan fingerprint density at radius 1 is 1.28 bits per heavy atom. The number of nitrogens with one attached hydrogen (secondary N) is 2. The van der Waals surface area contributed by atoms with Crippen molar-refractivity contribution in [2.24, 2.45) is 5.92 Å². The Labute approximate surface area is 147 Å². The van der Waals surface area contributed by atoms with E-state index in [4.69, 9.17) is 0 Å². The zero-order valence-electron chi connectivity index (χ0n) is 14.9. The zero-order valence-corrected chi connectivity index (χ0v) is 14.9. The maximum atomic E-state index is 12.6. The van der Waals surface area contributed by atoms with Crippen LogP contribution in [0, 0.1) is 5.92 Å².